The van der Waals surface area contributed by atoms with Crippen molar-refractivity contribution >= 4 is 0 Å². The molecule has 0 amide bonds. The average molecular weight is 336 g/mol. The van der Waals surface area contributed by atoms with Gasteiger partial charge < -0.3 is 28.4 Å². The van der Waals surface area contributed by atoms with Gasteiger partial charge in [0.2, 0.25) is 0 Å². The quantitative estimate of drug-likeness (QED) is 0.283. The van der Waals surface area contributed by atoms with E-state index >= 15 is 0 Å². The van der Waals surface area contributed by atoms with Gasteiger partial charge in [-0.3, -0.25) is 0 Å². The fourth-order valence-corrected chi connectivity index (χ4v) is 1.73. The third-order valence-corrected chi connectivity index (χ3v) is 2.98. The Labute approximate surface area is 141 Å². The lowest BCUT2D eigenvalue weighted by Gasteiger charge is -2.19. The Balaban J connectivity index is 3.74. The van der Waals surface area contributed by atoms with Crippen molar-refractivity contribution < 1.29 is 28.4 Å². The van der Waals surface area contributed by atoms with Gasteiger partial charge in [0.25, 0.3) is 0 Å². The van der Waals surface area contributed by atoms with Crippen LogP contribution in [0.15, 0.2) is 0 Å². The molecular weight excluding hydrogens is 300 g/mol. The van der Waals surface area contributed by atoms with Gasteiger partial charge in [0.1, 0.15) is 20.0 Å². The topological polar surface area (TPSA) is 55.4 Å². The molecule has 0 aromatic rings. The van der Waals surface area contributed by atoms with E-state index in [1.807, 2.05) is 13.8 Å². The molecule has 6 heteroatoms. The molecule has 0 N–H and O–H groups in total. The molecule has 23 heavy (non-hydrogen) atoms. The van der Waals surface area contributed by atoms with Crippen LogP contribution in [0.25, 0.3) is 0 Å². The van der Waals surface area contributed by atoms with E-state index in [9.17, 15) is 0 Å². The number of unbranched alkanes of at least 4 members (excludes halogenated alkanes) is 2. The van der Waals surface area contributed by atoms with E-state index in [2.05, 4.69) is 13.8 Å². The first-order valence-corrected chi connectivity index (χ1v) is 8.90. The maximum atomic E-state index is 5.60. The van der Waals surface area contributed by atoms with Crippen molar-refractivity contribution in [1.29, 1.82) is 0 Å². The van der Waals surface area contributed by atoms with E-state index in [0.717, 1.165) is 25.7 Å². The second-order valence-electron chi connectivity index (χ2n) is 5.08. The molecule has 0 aliphatic heterocycles. The lowest BCUT2D eigenvalue weighted by molar-refractivity contribution is -0.211. The zero-order valence-electron chi connectivity index (χ0n) is 15.4. The first kappa shape index (κ1) is 22.8. The van der Waals surface area contributed by atoms with Crippen LogP contribution < -0.4 is 0 Å². The first-order chi connectivity index (χ1) is 11.3. The summed E-state index contributed by atoms with van der Waals surface area (Å²) < 4.78 is 33.0. The molecule has 0 fully saturated rings. The second-order valence-corrected chi connectivity index (χ2v) is 5.08. The molecule has 0 aliphatic rings. The van der Waals surface area contributed by atoms with Crippen molar-refractivity contribution in [1.82, 2.24) is 0 Å². The van der Waals surface area contributed by atoms with E-state index < -0.39 is 0 Å². The minimum absolute atomic E-state index is 0.168. The maximum absolute atomic E-state index is 5.60. The van der Waals surface area contributed by atoms with Crippen LogP contribution in [0.4, 0.5) is 0 Å². The summed E-state index contributed by atoms with van der Waals surface area (Å²) in [7, 11) is 0. The fraction of sp³-hybridized carbons (Fsp3) is 1.00. The monoisotopic (exact) mass is 336 g/mol. The van der Waals surface area contributed by atoms with Crippen LogP contribution in [-0.2, 0) is 28.4 Å². The first-order valence-electron chi connectivity index (χ1n) is 8.90. The summed E-state index contributed by atoms with van der Waals surface area (Å²) >= 11 is 0. The van der Waals surface area contributed by atoms with Crippen LogP contribution in [0, 0.1) is 0 Å². The normalized spacial score (nSPS) is 14.1. The summed E-state index contributed by atoms with van der Waals surface area (Å²) in [5.41, 5.74) is 0. The lowest BCUT2D eigenvalue weighted by Crippen LogP contribution is -2.27. The third-order valence-electron chi connectivity index (χ3n) is 2.98. The van der Waals surface area contributed by atoms with E-state index in [1.165, 1.54) is 0 Å². The molecular formula is C17H36O6. The van der Waals surface area contributed by atoms with Gasteiger partial charge >= 0.3 is 0 Å². The van der Waals surface area contributed by atoms with Crippen molar-refractivity contribution in [3.63, 3.8) is 0 Å². The SMILES string of the molecule is CCCCOC(COCOCC(OCC)OCCCC)OCC. The zero-order valence-corrected chi connectivity index (χ0v) is 15.4. The van der Waals surface area contributed by atoms with Crippen molar-refractivity contribution in [2.45, 2.75) is 66.0 Å². The average Bonchev–Trinajstić information content (AvgIpc) is 2.54. The van der Waals surface area contributed by atoms with Gasteiger partial charge in [-0.2, -0.15) is 0 Å². The van der Waals surface area contributed by atoms with Crippen LogP contribution >= 0.6 is 0 Å². The van der Waals surface area contributed by atoms with Crippen LogP contribution in [0.5, 0.6) is 0 Å². The minimum atomic E-state index is -0.335. The predicted molar refractivity (Wildman–Crippen MR) is 89.3 cm³/mol. The molecule has 140 valence electrons. The van der Waals surface area contributed by atoms with E-state index in [-0.39, 0.29) is 19.4 Å². The number of hydrogen-bond donors (Lipinski definition) is 0. The van der Waals surface area contributed by atoms with Crippen LogP contribution in [0.2, 0.25) is 0 Å². The van der Waals surface area contributed by atoms with Gasteiger partial charge in [-0.1, -0.05) is 26.7 Å². The standard InChI is InChI=1S/C17H36O6/c1-5-9-11-22-16(20-7-3)13-18-15-19-14-17(21-8-4)23-12-10-6-2/h16-17H,5-15H2,1-4H3. The van der Waals surface area contributed by atoms with Gasteiger partial charge in [0.15, 0.2) is 12.6 Å². The summed E-state index contributed by atoms with van der Waals surface area (Å²) in [6.45, 7) is 11.6. The van der Waals surface area contributed by atoms with Crippen molar-refractivity contribution in [2.75, 3.05) is 46.4 Å². The Bertz CT molecular complexity index is 205. The van der Waals surface area contributed by atoms with Crippen LogP contribution in [0.1, 0.15) is 53.4 Å². The largest absolute Gasteiger partial charge is 0.351 e. The highest BCUT2D eigenvalue weighted by Gasteiger charge is 2.11. The summed E-state index contributed by atoms with van der Waals surface area (Å²) in [6.07, 6.45) is 3.56. The van der Waals surface area contributed by atoms with Crippen molar-refractivity contribution in [3.8, 4) is 0 Å². The summed E-state index contributed by atoms with van der Waals surface area (Å²) in [6, 6.07) is 0. The van der Waals surface area contributed by atoms with E-state index in [0.29, 0.717) is 39.6 Å². The molecule has 0 heterocycles. The Hall–Kier alpha value is -0.240. The summed E-state index contributed by atoms with van der Waals surface area (Å²) in [5.74, 6) is 0. The summed E-state index contributed by atoms with van der Waals surface area (Å²) in [5, 5.41) is 0. The fourth-order valence-electron chi connectivity index (χ4n) is 1.73. The van der Waals surface area contributed by atoms with Crippen molar-refractivity contribution in [3.05, 3.63) is 0 Å². The Morgan fingerprint density at radius 2 is 1.04 bits per heavy atom. The minimum Gasteiger partial charge on any atom is -0.351 e. The molecule has 0 saturated heterocycles. The molecule has 6 nitrogen and oxygen atoms in total. The zero-order chi connectivity index (χ0) is 17.2. The van der Waals surface area contributed by atoms with Gasteiger partial charge in [0, 0.05) is 26.4 Å². The summed E-state index contributed by atoms with van der Waals surface area (Å²) in [4.78, 5) is 0. The molecule has 0 aromatic heterocycles. The van der Waals surface area contributed by atoms with Gasteiger partial charge in [0.05, 0.1) is 0 Å². The Kier molecular flexibility index (Phi) is 17.9. The molecule has 0 aromatic carbocycles. The van der Waals surface area contributed by atoms with Crippen LogP contribution in [0.3, 0.4) is 0 Å². The number of rotatable bonds is 18. The van der Waals surface area contributed by atoms with E-state index in [4.69, 9.17) is 28.4 Å². The lowest BCUT2D eigenvalue weighted by atomic mass is 10.4. The molecule has 0 rings (SSSR count). The second kappa shape index (κ2) is 18.1. The molecule has 2 unspecified atom stereocenters. The van der Waals surface area contributed by atoms with Crippen LogP contribution in [-0.4, -0.2) is 59.0 Å². The van der Waals surface area contributed by atoms with Crippen molar-refractivity contribution in [2.24, 2.45) is 0 Å². The highest BCUT2D eigenvalue weighted by atomic mass is 16.7. The number of hydrogen-bond acceptors (Lipinski definition) is 6. The molecule has 0 aliphatic carbocycles. The molecule has 0 spiro atoms. The number of ether oxygens (including phenoxy) is 6. The predicted octanol–water partition coefficient (Wildman–Crippen LogP) is 3.34. The molecule has 0 radical (unpaired) electrons. The molecule has 0 bridgehead atoms. The van der Waals surface area contributed by atoms with E-state index in [1.54, 1.807) is 0 Å². The van der Waals surface area contributed by atoms with Gasteiger partial charge in [-0.05, 0) is 26.7 Å². The molecule has 0 saturated carbocycles. The molecule has 2 atom stereocenters. The van der Waals surface area contributed by atoms with Gasteiger partial charge in [-0.25, -0.2) is 0 Å². The smallest absolute Gasteiger partial charge is 0.180 e. The third kappa shape index (κ3) is 15.1. The Morgan fingerprint density at radius 3 is 1.39 bits per heavy atom. The maximum Gasteiger partial charge on any atom is 0.180 e. The Morgan fingerprint density at radius 1 is 0.609 bits per heavy atom. The van der Waals surface area contributed by atoms with Gasteiger partial charge in [-0.15, -0.1) is 0 Å². The highest BCUT2D eigenvalue weighted by Crippen LogP contribution is 2.02. The highest BCUT2D eigenvalue weighted by molar-refractivity contribution is 4.44.